The summed E-state index contributed by atoms with van der Waals surface area (Å²) < 4.78 is 5.51. The van der Waals surface area contributed by atoms with Gasteiger partial charge in [0.25, 0.3) is 5.91 Å². The highest BCUT2D eigenvalue weighted by Gasteiger charge is 2.37. The highest BCUT2D eigenvalue weighted by molar-refractivity contribution is 5.85. The number of hydrogen-bond acceptors (Lipinski definition) is 4. The molecule has 0 aromatic carbocycles. The normalized spacial score (nSPS) is 27.7. The first-order valence-corrected chi connectivity index (χ1v) is 5.30. The summed E-state index contributed by atoms with van der Waals surface area (Å²) in [6.07, 6.45) is 0.581. The van der Waals surface area contributed by atoms with Gasteiger partial charge in [-0.05, 0) is 20.4 Å². The molecule has 0 unspecified atom stereocenters. The minimum atomic E-state index is -0.748. The van der Waals surface area contributed by atoms with E-state index in [-0.39, 0.29) is 12.5 Å². The number of hydrogen-bond donors (Lipinski definition) is 2. The Kier molecular flexibility index (Phi) is 4.50. The average Bonchev–Trinajstić information content (AvgIpc) is 2.17. The van der Waals surface area contributed by atoms with Crippen molar-refractivity contribution >= 4 is 5.91 Å². The number of nitrogens with zero attached hydrogens (tertiary/aromatic N) is 1. The number of aliphatic hydroxyl groups is 1. The Bertz CT molecular complexity index is 223. The molecule has 15 heavy (non-hydrogen) atoms. The maximum atomic E-state index is 11.8. The SMILES string of the molecule is CN1CCO[C@@](C)(C(=O)NCCCO)C1. The van der Waals surface area contributed by atoms with Gasteiger partial charge in [-0.2, -0.15) is 0 Å². The van der Waals surface area contributed by atoms with E-state index >= 15 is 0 Å². The monoisotopic (exact) mass is 216 g/mol. The molecule has 0 bridgehead atoms. The molecule has 0 saturated carbocycles. The van der Waals surface area contributed by atoms with Gasteiger partial charge in [-0.1, -0.05) is 0 Å². The molecule has 1 amide bonds. The van der Waals surface area contributed by atoms with E-state index in [2.05, 4.69) is 10.2 Å². The second-order valence-electron chi connectivity index (χ2n) is 4.15. The van der Waals surface area contributed by atoms with Crippen molar-refractivity contribution in [1.82, 2.24) is 10.2 Å². The Hall–Kier alpha value is -0.650. The fourth-order valence-corrected chi connectivity index (χ4v) is 1.67. The van der Waals surface area contributed by atoms with Gasteiger partial charge < -0.3 is 20.1 Å². The standard InChI is InChI=1S/C10H20N2O3/c1-10(8-12(2)5-7-15-10)9(14)11-4-3-6-13/h13H,3-8H2,1-2H3,(H,11,14)/t10-/m1/s1. The van der Waals surface area contributed by atoms with Gasteiger partial charge in [0.15, 0.2) is 5.60 Å². The fraction of sp³-hybridized carbons (Fsp3) is 0.900. The molecule has 1 aliphatic heterocycles. The minimum Gasteiger partial charge on any atom is -0.396 e. The van der Waals surface area contributed by atoms with Gasteiger partial charge in [-0.3, -0.25) is 4.79 Å². The van der Waals surface area contributed by atoms with E-state index in [0.717, 1.165) is 6.54 Å². The third-order valence-corrected chi connectivity index (χ3v) is 2.57. The first kappa shape index (κ1) is 12.4. The molecule has 1 saturated heterocycles. The van der Waals surface area contributed by atoms with E-state index in [1.54, 1.807) is 6.92 Å². The van der Waals surface area contributed by atoms with E-state index in [4.69, 9.17) is 9.84 Å². The predicted molar refractivity (Wildman–Crippen MR) is 56.6 cm³/mol. The van der Waals surface area contributed by atoms with E-state index in [9.17, 15) is 4.79 Å². The maximum Gasteiger partial charge on any atom is 0.253 e. The quantitative estimate of drug-likeness (QED) is 0.604. The van der Waals surface area contributed by atoms with Crippen LogP contribution in [0.1, 0.15) is 13.3 Å². The Morgan fingerprint density at radius 2 is 2.40 bits per heavy atom. The van der Waals surface area contributed by atoms with E-state index in [1.165, 1.54) is 0 Å². The molecule has 0 aromatic rings. The van der Waals surface area contributed by atoms with Crippen LogP contribution in [0.5, 0.6) is 0 Å². The number of morpholine rings is 1. The zero-order valence-electron chi connectivity index (χ0n) is 9.45. The zero-order chi connectivity index (χ0) is 11.3. The lowest BCUT2D eigenvalue weighted by molar-refractivity contribution is -0.155. The summed E-state index contributed by atoms with van der Waals surface area (Å²) in [6, 6.07) is 0. The van der Waals surface area contributed by atoms with Gasteiger partial charge in [0.2, 0.25) is 0 Å². The van der Waals surface area contributed by atoms with Crippen molar-refractivity contribution < 1.29 is 14.6 Å². The van der Waals surface area contributed by atoms with Crippen molar-refractivity contribution in [2.24, 2.45) is 0 Å². The summed E-state index contributed by atoms with van der Waals surface area (Å²) in [5.74, 6) is -0.0949. The molecule has 5 nitrogen and oxygen atoms in total. The third-order valence-electron chi connectivity index (χ3n) is 2.57. The summed E-state index contributed by atoms with van der Waals surface area (Å²) in [7, 11) is 1.97. The van der Waals surface area contributed by atoms with Gasteiger partial charge in [-0.25, -0.2) is 0 Å². The van der Waals surface area contributed by atoms with Crippen LogP contribution >= 0.6 is 0 Å². The van der Waals surface area contributed by atoms with Crippen LogP contribution in [-0.4, -0.2) is 61.4 Å². The van der Waals surface area contributed by atoms with Crippen molar-refractivity contribution in [1.29, 1.82) is 0 Å². The second kappa shape index (κ2) is 5.44. The minimum absolute atomic E-state index is 0.0949. The fourth-order valence-electron chi connectivity index (χ4n) is 1.67. The Labute approximate surface area is 90.4 Å². The molecule has 1 heterocycles. The molecule has 0 aliphatic carbocycles. The van der Waals surface area contributed by atoms with Crippen LogP contribution in [0.15, 0.2) is 0 Å². The smallest absolute Gasteiger partial charge is 0.253 e. The van der Waals surface area contributed by atoms with Crippen molar-refractivity contribution in [3.63, 3.8) is 0 Å². The highest BCUT2D eigenvalue weighted by atomic mass is 16.5. The number of ether oxygens (including phenoxy) is 1. The summed E-state index contributed by atoms with van der Waals surface area (Å²) >= 11 is 0. The van der Waals surface area contributed by atoms with Crippen molar-refractivity contribution in [3.05, 3.63) is 0 Å². The molecule has 1 fully saturated rings. The molecule has 1 aliphatic rings. The molecule has 88 valence electrons. The van der Waals surface area contributed by atoms with E-state index in [1.807, 2.05) is 7.05 Å². The number of nitrogens with one attached hydrogen (secondary N) is 1. The van der Waals surface area contributed by atoms with Crippen molar-refractivity contribution in [2.75, 3.05) is 39.9 Å². The largest absolute Gasteiger partial charge is 0.396 e. The number of rotatable bonds is 4. The number of amides is 1. The molecule has 0 spiro atoms. The number of carbonyl (C=O) groups excluding carboxylic acids is 1. The lowest BCUT2D eigenvalue weighted by atomic mass is 10.0. The first-order valence-electron chi connectivity index (χ1n) is 5.30. The molecule has 0 aromatic heterocycles. The lowest BCUT2D eigenvalue weighted by Gasteiger charge is -2.37. The highest BCUT2D eigenvalue weighted by Crippen LogP contribution is 2.16. The van der Waals surface area contributed by atoms with Crippen LogP contribution in [0.4, 0.5) is 0 Å². The summed E-state index contributed by atoms with van der Waals surface area (Å²) in [4.78, 5) is 13.9. The Morgan fingerprint density at radius 1 is 1.67 bits per heavy atom. The Balaban J connectivity index is 2.41. The second-order valence-corrected chi connectivity index (χ2v) is 4.15. The maximum absolute atomic E-state index is 11.8. The molecule has 5 heteroatoms. The number of likely N-dealkylation sites (N-methyl/N-ethyl adjacent to an activating group) is 1. The molecular weight excluding hydrogens is 196 g/mol. The predicted octanol–water partition coefficient (Wildman–Crippen LogP) is -0.794. The zero-order valence-corrected chi connectivity index (χ0v) is 9.45. The van der Waals surface area contributed by atoms with Crippen LogP contribution in [0.3, 0.4) is 0 Å². The molecule has 2 N–H and O–H groups in total. The average molecular weight is 216 g/mol. The van der Waals surface area contributed by atoms with Gasteiger partial charge in [0, 0.05) is 26.2 Å². The lowest BCUT2D eigenvalue weighted by Crippen LogP contribution is -2.57. The molecular formula is C10H20N2O3. The van der Waals surface area contributed by atoms with Gasteiger partial charge in [0.1, 0.15) is 0 Å². The summed E-state index contributed by atoms with van der Waals surface area (Å²) in [5.41, 5.74) is -0.748. The molecule has 0 radical (unpaired) electrons. The van der Waals surface area contributed by atoms with Gasteiger partial charge in [-0.15, -0.1) is 0 Å². The van der Waals surface area contributed by atoms with Crippen molar-refractivity contribution in [3.8, 4) is 0 Å². The molecule has 1 atom stereocenters. The molecule has 1 rings (SSSR count). The van der Waals surface area contributed by atoms with Gasteiger partial charge >= 0.3 is 0 Å². The van der Waals surface area contributed by atoms with Crippen LogP contribution in [0.25, 0.3) is 0 Å². The summed E-state index contributed by atoms with van der Waals surface area (Å²) in [6.45, 7) is 4.45. The van der Waals surface area contributed by atoms with Crippen LogP contribution in [0.2, 0.25) is 0 Å². The first-order chi connectivity index (χ1) is 7.08. The van der Waals surface area contributed by atoms with E-state index in [0.29, 0.717) is 26.1 Å². The van der Waals surface area contributed by atoms with Gasteiger partial charge in [0.05, 0.1) is 6.61 Å². The van der Waals surface area contributed by atoms with E-state index < -0.39 is 5.60 Å². The third kappa shape index (κ3) is 3.44. The van der Waals surface area contributed by atoms with Crippen LogP contribution < -0.4 is 5.32 Å². The number of carbonyl (C=O) groups is 1. The van der Waals surface area contributed by atoms with Crippen LogP contribution in [0, 0.1) is 0 Å². The van der Waals surface area contributed by atoms with Crippen molar-refractivity contribution in [2.45, 2.75) is 18.9 Å². The Morgan fingerprint density at radius 3 is 3.00 bits per heavy atom. The topological polar surface area (TPSA) is 61.8 Å². The number of aliphatic hydroxyl groups excluding tert-OH is 1. The summed E-state index contributed by atoms with van der Waals surface area (Å²) in [5, 5.41) is 11.4. The van der Waals surface area contributed by atoms with Crippen LogP contribution in [-0.2, 0) is 9.53 Å².